The number of anilines is 2. The molecule has 0 saturated carbocycles. The van der Waals surface area contributed by atoms with Crippen molar-refractivity contribution >= 4 is 58.0 Å². The van der Waals surface area contributed by atoms with Crippen LogP contribution in [0.25, 0.3) is 0 Å². The summed E-state index contributed by atoms with van der Waals surface area (Å²) in [5.74, 6) is -0.532. The van der Waals surface area contributed by atoms with Crippen molar-refractivity contribution in [2.75, 3.05) is 23.9 Å². The average Bonchev–Trinajstić information content (AvgIpc) is 3.17. The number of benzene rings is 1. The first-order valence-corrected chi connectivity index (χ1v) is 11.2. The molecule has 2 aromatic heterocycles. The number of aromatic nitrogens is 1. The van der Waals surface area contributed by atoms with Gasteiger partial charge in [-0.05, 0) is 30.3 Å². The molecule has 0 atom stereocenters. The molecule has 3 N–H and O–H groups in total. The molecule has 158 valence electrons. The summed E-state index contributed by atoms with van der Waals surface area (Å²) >= 11 is 8.44. The average molecular weight is 472 g/mol. The van der Waals surface area contributed by atoms with Gasteiger partial charge in [-0.25, -0.2) is 4.98 Å². The number of nitrogen functional groups attached to an aromatic ring is 1. The number of nitrogens with zero attached hydrogens (tertiary/aromatic N) is 3. The number of thiophene rings is 1. The lowest BCUT2D eigenvalue weighted by molar-refractivity contribution is -0.127. The van der Waals surface area contributed by atoms with Crippen LogP contribution in [0.15, 0.2) is 53.6 Å². The fourth-order valence-corrected chi connectivity index (χ4v) is 4.65. The van der Waals surface area contributed by atoms with E-state index in [1.165, 1.54) is 17.4 Å². The smallest absolute Gasteiger partial charge is 0.259 e. The summed E-state index contributed by atoms with van der Waals surface area (Å²) in [7, 11) is 1.69. The van der Waals surface area contributed by atoms with Gasteiger partial charge in [-0.1, -0.05) is 41.6 Å². The lowest BCUT2D eigenvalue weighted by atomic mass is 10.2. The Morgan fingerprint density at radius 3 is 2.68 bits per heavy atom. The Labute approximate surface area is 192 Å². The van der Waals surface area contributed by atoms with Gasteiger partial charge in [0.25, 0.3) is 5.91 Å². The second-order valence-electron chi connectivity index (χ2n) is 6.45. The summed E-state index contributed by atoms with van der Waals surface area (Å²) in [4.78, 5) is 31.7. The molecule has 0 aliphatic rings. The molecule has 0 fully saturated rings. The number of pyridine rings is 1. The highest BCUT2D eigenvalue weighted by molar-refractivity contribution is 8.00. The summed E-state index contributed by atoms with van der Waals surface area (Å²) in [6, 6.07) is 16.0. The molecule has 3 aromatic rings. The maximum atomic E-state index is 12.5. The van der Waals surface area contributed by atoms with E-state index in [0.717, 1.165) is 16.6 Å². The van der Waals surface area contributed by atoms with E-state index in [1.54, 1.807) is 42.3 Å². The third-order valence-corrected chi connectivity index (χ3v) is 6.39. The number of hydrogen-bond donors (Lipinski definition) is 2. The van der Waals surface area contributed by atoms with Crippen LogP contribution in [-0.4, -0.2) is 34.5 Å². The Balaban J connectivity index is 1.67. The van der Waals surface area contributed by atoms with Crippen LogP contribution in [0.3, 0.4) is 0 Å². The standard InChI is InChI=1S/C21H18ClN5O2S2/c1-27(11-15-7-8-17(22)31-15)18(28)12-30-21-13(10-23)9-16(19(24)26-21)20(29)25-14-5-3-2-4-6-14/h2-9H,11-12H2,1H3,(H2,24,26)(H,25,29). The van der Waals surface area contributed by atoms with E-state index in [2.05, 4.69) is 10.3 Å². The predicted molar refractivity (Wildman–Crippen MR) is 124 cm³/mol. The lowest BCUT2D eigenvalue weighted by Gasteiger charge is -2.16. The highest BCUT2D eigenvalue weighted by Gasteiger charge is 2.18. The van der Waals surface area contributed by atoms with Gasteiger partial charge in [0.1, 0.15) is 16.9 Å². The van der Waals surface area contributed by atoms with Gasteiger partial charge in [0.15, 0.2) is 0 Å². The Morgan fingerprint density at radius 2 is 2.03 bits per heavy atom. The highest BCUT2D eigenvalue weighted by atomic mass is 35.5. The molecule has 1 aromatic carbocycles. The predicted octanol–water partition coefficient (Wildman–Crippen LogP) is 4.25. The number of nitrogens with two attached hydrogens (primary N) is 1. The molecule has 0 spiro atoms. The first-order valence-electron chi connectivity index (χ1n) is 9.05. The number of para-hydroxylation sites is 1. The molecular formula is C21H18ClN5O2S2. The van der Waals surface area contributed by atoms with Gasteiger partial charge < -0.3 is 16.0 Å². The first-order chi connectivity index (χ1) is 14.9. The lowest BCUT2D eigenvalue weighted by Crippen LogP contribution is -2.27. The Bertz CT molecular complexity index is 1140. The number of carbonyl (C=O) groups is 2. The fourth-order valence-electron chi connectivity index (χ4n) is 2.60. The topological polar surface area (TPSA) is 112 Å². The largest absolute Gasteiger partial charge is 0.383 e. The second kappa shape index (κ2) is 10.3. The summed E-state index contributed by atoms with van der Waals surface area (Å²) < 4.78 is 0.667. The van der Waals surface area contributed by atoms with E-state index in [0.29, 0.717) is 21.6 Å². The van der Waals surface area contributed by atoms with Crippen molar-refractivity contribution in [3.8, 4) is 6.07 Å². The van der Waals surface area contributed by atoms with Gasteiger partial charge >= 0.3 is 0 Å². The fraction of sp³-hybridized carbons (Fsp3) is 0.143. The number of halogens is 1. The van der Waals surface area contributed by atoms with Gasteiger partial charge in [0.2, 0.25) is 5.91 Å². The number of amides is 2. The summed E-state index contributed by atoms with van der Waals surface area (Å²) in [5.41, 5.74) is 6.85. The summed E-state index contributed by atoms with van der Waals surface area (Å²) in [5, 5.41) is 12.5. The Morgan fingerprint density at radius 1 is 1.29 bits per heavy atom. The zero-order valence-electron chi connectivity index (χ0n) is 16.5. The van der Waals surface area contributed by atoms with E-state index in [-0.39, 0.29) is 28.6 Å². The van der Waals surface area contributed by atoms with Crippen LogP contribution in [0.1, 0.15) is 20.8 Å². The van der Waals surface area contributed by atoms with Gasteiger partial charge in [0, 0.05) is 17.6 Å². The molecule has 0 aliphatic heterocycles. The highest BCUT2D eigenvalue weighted by Crippen LogP contribution is 2.26. The molecular weight excluding hydrogens is 454 g/mol. The first kappa shape index (κ1) is 22.6. The van der Waals surface area contributed by atoms with Crippen LogP contribution >= 0.6 is 34.7 Å². The molecule has 0 saturated heterocycles. The van der Waals surface area contributed by atoms with Crippen LogP contribution in [0.2, 0.25) is 4.34 Å². The summed E-state index contributed by atoms with van der Waals surface area (Å²) in [6.45, 7) is 0.441. The van der Waals surface area contributed by atoms with Crippen molar-refractivity contribution in [3.63, 3.8) is 0 Å². The Hall–Kier alpha value is -3.06. The van der Waals surface area contributed by atoms with Crippen molar-refractivity contribution in [3.05, 3.63) is 68.9 Å². The normalized spacial score (nSPS) is 10.4. The van der Waals surface area contributed by atoms with E-state index >= 15 is 0 Å². The third-order valence-electron chi connectivity index (χ3n) is 4.19. The van der Waals surface area contributed by atoms with Crippen LogP contribution < -0.4 is 11.1 Å². The Kier molecular flexibility index (Phi) is 7.52. The van der Waals surface area contributed by atoms with Crippen molar-refractivity contribution in [2.24, 2.45) is 0 Å². The zero-order valence-corrected chi connectivity index (χ0v) is 18.9. The van der Waals surface area contributed by atoms with E-state index < -0.39 is 5.91 Å². The van der Waals surface area contributed by atoms with Crippen LogP contribution in [0, 0.1) is 11.3 Å². The molecule has 2 amide bonds. The van der Waals surface area contributed by atoms with Crippen LogP contribution in [0.4, 0.5) is 11.5 Å². The molecule has 3 rings (SSSR count). The van der Waals surface area contributed by atoms with E-state index in [9.17, 15) is 14.9 Å². The number of nitrogens with one attached hydrogen (secondary N) is 1. The number of rotatable bonds is 7. The van der Waals surface area contributed by atoms with E-state index in [1.807, 2.05) is 18.2 Å². The van der Waals surface area contributed by atoms with Crippen LogP contribution in [-0.2, 0) is 11.3 Å². The molecule has 7 nitrogen and oxygen atoms in total. The van der Waals surface area contributed by atoms with Crippen molar-refractivity contribution < 1.29 is 9.59 Å². The monoisotopic (exact) mass is 471 g/mol. The summed E-state index contributed by atoms with van der Waals surface area (Å²) in [6.07, 6.45) is 0. The number of thioether (sulfide) groups is 1. The van der Waals surface area contributed by atoms with Crippen molar-refractivity contribution in [2.45, 2.75) is 11.6 Å². The minimum Gasteiger partial charge on any atom is -0.383 e. The number of nitriles is 1. The molecule has 2 heterocycles. The molecule has 31 heavy (non-hydrogen) atoms. The molecule has 0 bridgehead atoms. The number of hydrogen-bond acceptors (Lipinski definition) is 7. The maximum absolute atomic E-state index is 12.5. The molecule has 0 aliphatic carbocycles. The maximum Gasteiger partial charge on any atom is 0.259 e. The minimum absolute atomic E-state index is 0.0102. The van der Waals surface area contributed by atoms with Crippen molar-refractivity contribution in [1.82, 2.24) is 9.88 Å². The molecule has 0 radical (unpaired) electrons. The SMILES string of the molecule is CN(Cc1ccc(Cl)s1)C(=O)CSc1nc(N)c(C(=O)Nc2ccccc2)cc1C#N. The van der Waals surface area contributed by atoms with E-state index in [4.69, 9.17) is 17.3 Å². The second-order valence-corrected chi connectivity index (χ2v) is 9.21. The minimum atomic E-state index is -0.463. The quantitative estimate of drug-likeness (QED) is 0.498. The van der Waals surface area contributed by atoms with Crippen molar-refractivity contribution in [1.29, 1.82) is 5.26 Å². The number of carbonyl (C=O) groups excluding carboxylic acids is 2. The van der Waals surface area contributed by atoms with Gasteiger partial charge in [-0.15, -0.1) is 11.3 Å². The van der Waals surface area contributed by atoms with Gasteiger partial charge in [-0.2, -0.15) is 5.26 Å². The third kappa shape index (κ3) is 5.98. The van der Waals surface area contributed by atoms with Crippen LogP contribution in [0.5, 0.6) is 0 Å². The van der Waals surface area contributed by atoms with Gasteiger partial charge in [0.05, 0.1) is 27.8 Å². The molecule has 0 unspecified atom stereocenters. The zero-order chi connectivity index (χ0) is 22.4. The molecule has 10 heteroatoms. The van der Waals surface area contributed by atoms with Gasteiger partial charge in [-0.3, -0.25) is 9.59 Å².